The van der Waals surface area contributed by atoms with Crippen molar-refractivity contribution in [1.82, 2.24) is 14.7 Å². The van der Waals surface area contributed by atoms with Gasteiger partial charge in [-0.25, -0.2) is 0 Å². The molecule has 2 fully saturated rings. The number of aliphatic hydroxyl groups excluding tert-OH is 1. The van der Waals surface area contributed by atoms with Crippen molar-refractivity contribution in [3.8, 4) is 11.5 Å². The summed E-state index contributed by atoms with van der Waals surface area (Å²) in [7, 11) is 0. The van der Waals surface area contributed by atoms with E-state index in [0.29, 0.717) is 18.6 Å². The zero-order valence-electron chi connectivity index (χ0n) is 17.5. The highest BCUT2D eigenvalue weighted by Crippen LogP contribution is 2.33. The first-order valence-corrected chi connectivity index (χ1v) is 11.0. The fourth-order valence-electron chi connectivity index (χ4n) is 4.87. The molecule has 0 amide bonds. The lowest BCUT2D eigenvalue weighted by Gasteiger charge is -2.43. The van der Waals surface area contributed by atoms with Gasteiger partial charge in [0, 0.05) is 45.3 Å². The van der Waals surface area contributed by atoms with Gasteiger partial charge >= 0.3 is 0 Å². The monoisotopic (exact) mass is 413 g/mol. The number of ether oxygens (including phenoxy) is 2. The number of aliphatic hydroxyl groups is 1. The smallest absolute Gasteiger partial charge is 0.231 e. The van der Waals surface area contributed by atoms with E-state index in [4.69, 9.17) is 13.9 Å². The van der Waals surface area contributed by atoms with Gasteiger partial charge < -0.3 is 19.0 Å². The second kappa shape index (κ2) is 8.98. The van der Waals surface area contributed by atoms with Gasteiger partial charge in [0.1, 0.15) is 18.1 Å². The van der Waals surface area contributed by atoms with Crippen LogP contribution in [0.15, 0.2) is 34.7 Å². The van der Waals surface area contributed by atoms with Crippen molar-refractivity contribution in [2.45, 2.75) is 38.6 Å². The predicted molar refractivity (Wildman–Crippen MR) is 112 cm³/mol. The third-order valence-electron chi connectivity index (χ3n) is 6.50. The average Bonchev–Trinajstić information content (AvgIpc) is 3.43. The van der Waals surface area contributed by atoms with Crippen molar-refractivity contribution >= 4 is 0 Å². The van der Waals surface area contributed by atoms with Gasteiger partial charge in [0.05, 0.1) is 6.54 Å². The summed E-state index contributed by atoms with van der Waals surface area (Å²) in [6.45, 7) is 8.76. The normalized spacial score (nSPS) is 23.2. The summed E-state index contributed by atoms with van der Waals surface area (Å²) in [5.41, 5.74) is 1.29. The first-order chi connectivity index (χ1) is 14.8. The van der Waals surface area contributed by atoms with E-state index in [0.717, 1.165) is 69.6 Å². The molecular formula is C23H31N3O4. The van der Waals surface area contributed by atoms with Gasteiger partial charge in [-0.3, -0.25) is 14.7 Å². The van der Waals surface area contributed by atoms with Crippen LogP contribution in [0.5, 0.6) is 11.5 Å². The molecule has 0 radical (unpaired) electrons. The topological polar surface area (TPSA) is 61.6 Å². The molecule has 5 rings (SSSR count). The lowest BCUT2D eigenvalue weighted by atomic mass is 10.0. The zero-order valence-corrected chi connectivity index (χ0v) is 17.5. The Labute approximate surface area is 177 Å². The highest BCUT2D eigenvalue weighted by atomic mass is 16.7. The van der Waals surface area contributed by atoms with Gasteiger partial charge in [-0.05, 0) is 49.2 Å². The Balaban J connectivity index is 1.11. The van der Waals surface area contributed by atoms with Gasteiger partial charge in [-0.2, -0.15) is 0 Å². The molecule has 1 atom stereocenters. The first kappa shape index (κ1) is 19.9. The Morgan fingerprint density at radius 2 is 1.70 bits per heavy atom. The van der Waals surface area contributed by atoms with Crippen LogP contribution in [0.1, 0.15) is 29.9 Å². The Hall–Kier alpha value is -2.06. The summed E-state index contributed by atoms with van der Waals surface area (Å²) in [6, 6.07) is 10.8. The fraction of sp³-hybridized carbons (Fsp3) is 0.565. The maximum absolute atomic E-state index is 9.19. The van der Waals surface area contributed by atoms with Crippen LogP contribution >= 0.6 is 0 Å². The van der Waals surface area contributed by atoms with Crippen molar-refractivity contribution < 1.29 is 19.0 Å². The molecular weight excluding hydrogens is 382 g/mol. The molecule has 1 unspecified atom stereocenters. The standard InChI is InChI=1S/C23H31N3O4/c27-16-21-5-4-20(30-21)15-25-7-1-2-19(14-25)26-10-8-24(9-11-26)13-18-3-6-22-23(12-18)29-17-28-22/h3-6,12,19,27H,1-2,7-11,13-17H2. The molecule has 4 heterocycles. The summed E-state index contributed by atoms with van der Waals surface area (Å²) >= 11 is 0. The van der Waals surface area contributed by atoms with Crippen LogP contribution in [0.4, 0.5) is 0 Å². The molecule has 7 nitrogen and oxygen atoms in total. The molecule has 0 saturated carbocycles. The zero-order chi connectivity index (χ0) is 20.3. The molecule has 7 heteroatoms. The number of piperidine rings is 1. The maximum atomic E-state index is 9.19. The van der Waals surface area contributed by atoms with Crippen LogP contribution in [0.2, 0.25) is 0 Å². The number of hydrogen-bond acceptors (Lipinski definition) is 7. The van der Waals surface area contributed by atoms with Crippen molar-refractivity contribution in [2.75, 3.05) is 46.1 Å². The van der Waals surface area contributed by atoms with E-state index in [2.05, 4.69) is 26.8 Å². The molecule has 3 aliphatic rings. The lowest BCUT2D eigenvalue weighted by molar-refractivity contribution is 0.0456. The molecule has 1 aromatic carbocycles. The predicted octanol–water partition coefficient (Wildman–Crippen LogP) is 2.28. The van der Waals surface area contributed by atoms with Gasteiger partial charge in [0.25, 0.3) is 0 Å². The summed E-state index contributed by atoms with van der Waals surface area (Å²) in [5, 5.41) is 9.19. The SMILES string of the molecule is OCc1ccc(CN2CCCC(N3CCN(Cc4ccc5c(c4)OCO5)CC3)C2)o1. The number of rotatable bonds is 6. The molecule has 0 spiro atoms. The Kier molecular flexibility index (Phi) is 5.95. The molecule has 162 valence electrons. The molecule has 30 heavy (non-hydrogen) atoms. The van der Waals surface area contributed by atoms with Crippen molar-refractivity contribution in [1.29, 1.82) is 0 Å². The van der Waals surface area contributed by atoms with E-state index in [-0.39, 0.29) is 6.61 Å². The number of hydrogen-bond donors (Lipinski definition) is 1. The van der Waals surface area contributed by atoms with Crippen molar-refractivity contribution in [3.05, 3.63) is 47.4 Å². The number of likely N-dealkylation sites (tertiary alicyclic amines) is 1. The fourth-order valence-corrected chi connectivity index (χ4v) is 4.87. The molecule has 3 aliphatic heterocycles. The van der Waals surface area contributed by atoms with Crippen molar-refractivity contribution in [2.24, 2.45) is 0 Å². The number of fused-ring (bicyclic) bond motifs is 1. The van der Waals surface area contributed by atoms with Crippen molar-refractivity contribution in [3.63, 3.8) is 0 Å². The van der Waals surface area contributed by atoms with Gasteiger partial charge in [0.15, 0.2) is 11.5 Å². The van der Waals surface area contributed by atoms with Crippen LogP contribution < -0.4 is 9.47 Å². The number of nitrogens with zero attached hydrogens (tertiary/aromatic N) is 3. The summed E-state index contributed by atoms with van der Waals surface area (Å²) < 4.78 is 16.6. The molecule has 2 saturated heterocycles. The third kappa shape index (κ3) is 4.49. The minimum atomic E-state index is -0.0286. The summed E-state index contributed by atoms with van der Waals surface area (Å²) in [5.74, 6) is 3.33. The van der Waals surface area contributed by atoms with Gasteiger partial charge in [-0.15, -0.1) is 0 Å². The largest absolute Gasteiger partial charge is 0.462 e. The quantitative estimate of drug-likeness (QED) is 0.780. The Morgan fingerprint density at radius 1 is 0.867 bits per heavy atom. The van der Waals surface area contributed by atoms with E-state index in [1.807, 2.05) is 18.2 Å². The van der Waals surface area contributed by atoms with Crippen LogP contribution in [-0.2, 0) is 19.7 Å². The van der Waals surface area contributed by atoms with E-state index in [1.165, 1.54) is 18.4 Å². The van der Waals surface area contributed by atoms with Crippen LogP contribution in [-0.4, -0.2) is 71.9 Å². The highest BCUT2D eigenvalue weighted by molar-refractivity contribution is 5.44. The second-order valence-corrected chi connectivity index (χ2v) is 8.56. The minimum Gasteiger partial charge on any atom is -0.462 e. The van der Waals surface area contributed by atoms with Gasteiger partial charge in [-0.1, -0.05) is 6.07 Å². The van der Waals surface area contributed by atoms with Crippen LogP contribution in [0.3, 0.4) is 0 Å². The summed E-state index contributed by atoms with van der Waals surface area (Å²) in [6.07, 6.45) is 2.51. The van der Waals surface area contributed by atoms with E-state index < -0.39 is 0 Å². The third-order valence-corrected chi connectivity index (χ3v) is 6.50. The lowest BCUT2D eigenvalue weighted by Crippen LogP contribution is -2.54. The first-order valence-electron chi connectivity index (χ1n) is 11.0. The molecule has 2 aromatic rings. The second-order valence-electron chi connectivity index (χ2n) is 8.56. The van der Waals surface area contributed by atoms with E-state index in [1.54, 1.807) is 0 Å². The summed E-state index contributed by atoms with van der Waals surface area (Å²) in [4.78, 5) is 7.70. The number of piperazine rings is 1. The maximum Gasteiger partial charge on any atom is 0.231 e. The Bertz CT molecular complexity index is 847. The molecule has 1 N–H and O–H groups in total. The van der Waals surface area contributed by atoms with Crippen LogP contribution in [0, 0.1) is 0 Å². The molecule has 1 aromatic heterocycles. The van der Waals surface area contributed by atoms with E-state index in [9.17, 15) is 5.11 Å². The Morgan fingerprint density at radius 3 is 2.53 bits per heavy atom. The molecule has 0 bridgehead atoms. The number of benzene rings is 1. The van der Waals surface area contributed by atoms with E-state index >= 15 is 0 Å². The minimum absolute atomic E-state index is 0.0286. The average molecular weight is 414 g/mol. The number of furan rings is 1. The van der Waals surface area contributed by atoms with Crippen LogP contribution in [0.25, 0.3) is 0 Å². The molecule has 0 aliphatic carbocycles. The highest BCUT2D eigenvalue weighted by Gasteiger charge is 2.28. The van der Waals surface area contributed by atoms with Gasteiger partial charge in [0.2, 0.25) is 6.79 Å².